The van der Waals surface area contributed by atoms with Crippen LogP contribution in [-0.2, 0) is 11.2 Å². The summed E-state index contributed by atoms with van der Waals surface area (Å²) in [5.41, 5.74) is 2.20. The molecule has 1 saturated carbocycles. The molecular formula is C22H27N3O3. The van der Waals surface area contributed by atoms with E-state index in [1.54, 1.807) is 13.2 Å². The Bertz CT molecular complexity index is 906. The topological polar surface area (TPSA) is 57.8 Å². The van der Waals surface area contributed by atoms with Crippen molar-refractivity contribution in [1.82, 2.24) is 4.98 Å². The smallest absolute Gasteiger partial charge is 0.251 e. The van der Waals surface area contributed by atoms with Gasteiger partial charge in [0.25, 0.3) is 5.56 Å². The van der Waals surface area contributed by atoms with Crippen molar-refractivity contribution in [3.63, 3.8) is 0 Å². The van der Waals surface area contributed by atoms with Gasteiger partial charge >= 0.3 is 0 Å². The fourth-order valence-corrected chi connectivity index (χ4v) is 4.88. The second-order valence-electron chi connectivity index (χ2n) is 8.08. The first kappa shape index (κ1) is 17.6. The van der Waals surface area contributed by atoms with E-state index in [4.69, 9.17) is 9.47 Å². The Morgan fingerprint density at radius 3 is 2.86 bits per heavy atom. The monoisotopic (exact) mass is 381 g/mol. The van der Waals surface area contributed by atoms with Gasteiger partial charge in [0.2, 0.25) is 0 Å². The Kier molecular flexibility index (Phi) is 4.51. The number of para-hydroxylation sites is 1. The van der Waals surface area contributed by atoms with Crippen LogP contribution in [0.1, 0.15) is 12.0 Å². The molecule has 148 valence electrons. The number of nitrogens with zero attached hydrogens (tertiary/aromatic N) is 2. The third-order valence-electron chi connectivity index (χ3n) is 6.43. The van der Waals surface area contributed by atoms with E-state index >= 15 is 0 Å². The Morgan fingerprint density at radius 1 is 1.21 bits per heavy atom. The number of aromatic nitrogens is 1. The van der Waals surface area contributed by atoms with Gasteiger partial charge in [0.05, 0.1) is 20.3 Å². The number of H-pyrrole nitrogens is 1. The molecule has 1 N–H and O–H groups in total. The van der Waals surface area contributed by atoms with Crippen molar-refractivity contribution in [1.29, 1.82) is 0 Å². The summed E-state index contributed by atoms with van der Waals surface area (Å²) in [7, 11) is 1.73. The highest BCUT2D eigenvalue weighted by molar-refractivity contribution is 5.57. The number of hydrogen-bond donors (Lipinski definition) is 1. The molecular weight excluding hydrogens is 354 g/mol. The predicted octanol–water partition coefficient (Wildman–Crippen LogP) is 2.29. The molecule has 0 bridgehead atoms. The van der Waals surface area contributed by atoms with Crippen LogP contribution in [0.3, 0.4) is 0 Å². The van der Waals surface area contributed by atoms with E-state index in [1.807, 2.05) is 12.1 Å². The van der Waals surface area contributed by atoms with Crippen LogP contribution >= 0.6 is 0 Å². The first-order chi connectivity index (χ1) is 13.7. The maximum Gasteiger partial charge on any atom is 0.251 e. The first-order valence-corrected chi connectivity index (χ1v) is 10.2. The zero-order valence-electron chi connectivity index (χ0n) is 16.3. The third kappa shape index (κ3) is 3.26. The lowest BCUT2D eigenvalue weighted by atomic mass is 10.0. The number of hydrogen-bond acceptors (Lipinski definition) is 5. The molecule has 3 fully saturated rings. The fourth-order valence-electron chi connectivity index (χ4n) is 4.88. The maximum absolute atomic E-state index is 12.4. The molecule has 2 saturated heterocycles. The molecule has 28 heavy (non-hydrogen) atoms. The largest absolute Gasteiger partial charge is 0.496 e. The highest BCUT2D eigenvalue weighted by atomic mass is 16.5. The SMILES string of the molecule is COc1ccccc1C[C@H]1[C@@H]2C[C@@H]2CN1c1cc(N2CCOCC2)cc(=O)[nH]1. The second kappa shape index (κ2) is 7.17. The molecule has 1 aromatic carbocycles. The molecule has 2 aliphatic heterocycles. The highest BCUT2D eigenvalue weighted by Crippen LogP contribution is 2.51. The van der Waals surface area contributed by atoms with Gasteiger partial charge in [0, 0.05) is 43.5 Å². The zero-order valence-corrected chi connectivity index (χ0v) is 16.3. The van der Waals surface area contributed by atoms with Crippen LogP contribution in [-0.4, -0.2) is 51.0 Å². The van der Waals surface area contributed by atoms with Gasteiger partial charge in [-0.25, -0.2) is 0 Å². The minimum atomic E-state index is -0.0318. The lowest BCUT2D eigenvalue weighted by Crippen LogP contribution is -2.39. The van der Waals surface area contributed by atoms with Crippen LogP contribution in [0.25, 0.3) is 0 Å². The zero-order chi connectivity index (χ0) is 19.1. The molecule has 6 nitrogen and oxygen atoms in total. The standard InChI is InChI=1S/C22H27N3O3/c1-27-20-5-3-2-4-15(20)11-19-18-10-16(18)14-25(19)21-12-17(13-22(26)23-21)24-6-8-28-9-7-24/h2-5,12-13,16,18-19H,6-11,14H2,1H3,(H,23,26)/t16-,18-,19+/m1/s1. The number of ether oxygens (including phenoxy) is 2. The minimum Gasteiger partial charge on any atom is -0.496 e. The van der Waals surface area contributed by atoms with Crippen LogP contribution in [0.2, 0.25) is 0 Å². The number of methoxy groups -OCH3 is 1. The number of morpholine rings is 1. The molecule has 3 atom stereocenters. The highest BCUT2D eigenvalue weighted by Gasteiger charge is 2.52. The summed E-state index contributed by atoms with van der Waals surface area (Å²) in [6.45, 7) is 4.11. The molecule has 6 heteroatoms. The van der Waals surface area contributed by atoms with E-state index < -0.39 is 0 Å². The van der Waals surface area contributed by atoms with Gasteiger partial charge in [-0.3, -0.25) is 4.79 Å². The van der Waals surface area contributed by atoms with Gasteiger partial charge in [-0.2, -0.15) is 0 Å². The number of nitrogens with one attached hydrogen (secondary N) is 1. The van der Waals surface area contributed by atoms with E-state index in [1.165, 1.54) is 12.0 Å². The van der Waals surface area contributed by atoms with Gasteiger partial charge < -0.3 is 24.3 Å². The summed E-state index contributed by atoms with van der Waals surface area (Å²) in [6.07, 6.45) is 2.23. The molecule has 1 aromatic heterocycles. The van der Waals surface area contributed by atoms with Crippen LogP contribution in [0.15, 0.2) is 41.2 Å². The van der Waals surface area contributed by atoms with Crippen LogP contribution < -0.4 is 20.1 Å². The van der Waals surface area contributed by atoms with Crippen LogP contribution in [0, 0.1) is 11.8 Å². The number of benzene rings is 1. The second-order valence-corrected chi connectivity index (χ2v) is 8.08. The number of rotatable bonds is 5. The number of piperidine rings is 1. The Balaban J connectivity index is 1.43. The van der Waals surface area contributed by atoms with Gasteiger partial charge in [-0.15, -0.1) is 0 Å². The predicted molar refractivity (Wildman–Crippen MR) is 110 cm³/mol. The Hall–Kier alpha value is -2.47. The molecule has 0 unspecified atom stereocenters. The van der Waals surface area contributed by atoms with Crippen molar-refractivity contribution >= 4 is 11.5 Å². The first-order valence-electron chi connectivity index (χ1n) is 10.2. The van der Waals surface area contributed by atoms with Crippen LogP contribution in [0.4, 0.5) is 11.5 Å². The van der Waals surface area contributed by atoms with Gasteiger partial charge in [-0.05, 0) is 36.3 Å². The van der Waals surface area contributed by atoms with Crippen molar-refractivity contribution in [2.24, 2.45) is 11.8 Å². The average Bonchev–Trinajstić information content (AvgIpc) is 3.42. The molecule has 0 radical (unpaired) electrons. The molecule has 0 spiro atoms. The molecule has 1 aliphatic carbocycles. The lowest BCUT2D eigenvalue weighted by molar-refractivity contribution is 0.122. The quantitative estimate of drug-likeness (QED) is 0.861. The van der Waals surface area contributed by atoms with Gasteiger partial charge in [-0.1, -0.05) is 18.2 Å². The Labute approximate surface area is 165 Å². The van der Waals surface area contributed by atoms with E-state index in [-0.39, 0.29) is 5.56 Å². The van der Waals surface area contributed by atoms with E-state index in [0.717, 1.165) is 49.2 Å². The normalized spacial score (nSPS) is 26.2. The van der Waals surface area contributed by atoms with Crippen LogP contribution in [0.5, 0.6) is 5.75 Å². The number of anilines is 2. The fraction of sp³-hybridized carbons (Fsp3) is 0.500. The van der Waals surface area contributed by atoms with Gasteiger partial charge in [0.15, 0.2) is 0 Å². The summed E-state index contributed by atoms with van der Waals surface area (Å²) in [5, 5.41) is 0. The molecule has 2 aromatic rings. The number of pyridine rings is 1. The average molecular weight is 381 g/mol. The summed E-state index contributed by atoms with van der Waals surface area (Å²) >= 11 is 0. The van der Waals surface area contributed by atoms with Gasteiger partial charge in [0.1, 0.15) is 11.6 Å². The lowest BCUT2D eigenvalue weighted by Gasteiger charge is -2.32. The van der Waals surface area contributed by atoms with Crippen molar-refractivity contribution in [2.45, 2.75) is 18.9 Å². The van der Waals surface area contributed by atoms with E-state index in [0.29, 0.717) is 25.2 Å². The molecule has 0 amide bonds. The summed E-state index contributed by atoms with van der Waals surface area (Å²) in [5.74, 6) is 3.35. The van der Waals surface area contributed by atoms with E-state index in [2.05, 4.69) is 33.0 Å². The molecule has 5 rings (SSSR count). The molecule has 3 heterocycles. The molecule has 3 aliphatic rings. The summed E-state index contributed by atoms with van der Waals surface area (Å²) in [6, 6.07) is 12.5. The maximum atomic E-state index is 12.4. The third-order valence-corrected chi connectivity index (χ3v) is 6.43. The number of fused-ring (bicyclic) bond motifs is 1. The van der Waals surface area contributed by atoms with Crippen molar-refractivity contribution in [3.8, 4) is 5.75 Å². The summed E-state index contributed by atoms with van der Waals surface area (Å²) < 4.78 is 11.0. The van der Waals surface area contributed by atoms with Crippen molar-refractivity contribution < 1.29 is 9.47 Å². The van der Waals surface area contributed by atoms with E-state index in [9.17, 15) is 4.79 Å². The van der Waals surface area contributed by atoms with Crippen molar-refractivity contribution in [2.75, 3.05) is 49.8 Å². The van der Waals surface area contributed by atoms with Crippen molar-refractivity contribution in [3.05, 3.63) is 52.3 Å². The Morgan fingerprint density at radius 2 is 2.04 bits per heavy atom. The number of aromatic amines is 1. The minimum absolute atomic E-state index is 0.0318. The summed E-state index contributed by atoms with van der Waals surface area (Å²) in [4.78, 5) is 20.2.